The molecular formula is C16H28N2O2. The monoisotopic (exact) mass is 280 g/mol. The Hall–Kier alpha value is -1.29. The summed E-state index contributed by atoms with van der Waals surface area (Å²) in [4.78, 5) is 14.8. The zero-order valence-electron chi connectivity index (χ0n) is 13.0. The van der Waals surface area contributed by atoms with Gasteiger partial charge in [-0.15, -0.1) is 0 Å². The van der Waals surface area contributed by atoms with Gasteiger partial charge >= 0.3 is 0 Å². The van der Waals surface area contributed by atoms with E-state index in [1.54, 1.807) is 6.26 Å². The second-order valence-electron chi connectivity index (χ2n) is 5.38. The molecule has 0 spiro atoms. The molecule has 0 aliphatic carbocycles. The zero-order chi connectivity index (χ0) is 15.0. The Morgan fingerprint density at radius 3 is 2.35 bits per heavy atom. The van der Waals surface area contributed by atoms with Crippen LogP contribution in [0, 0.1) is 5.41 Å². The van der Waals surface area contributed by atoms with E-state index < -0.39 is 5.41 Å². The van der Waals surface area contributed by atoms with Crippen LogP contribution in [0.4, 0.5) is 0 Å². The summed E-state index contributed by atoms with van der Waals surface area (Å²) < 4.78 is 5.36. The number of carbonyl (C=O) groups excluding carboxylic acids is 1. The number of nitrogens with zero attached hydrogens (tertiary/aromatic N) is 1. The van der Waals surface area contributed by atoms with Crippen LogP contribution in [0.25, 0.3) is 0 Å². The van der Waals surface area contributed by atoms with Crippen LogP contribution >= 0.6 is 0 Å². The third kappa shape index (κ3) is 3.85. The SMILES string of the molecule is CCCC(CN)(CCC)C(=O)N(CC)Cc1ccco1. The lowest BCUT2D eigenvalue weighted by Gasteiger charge is -2.35. The molecule has 4 heteroatoms. The molecule has 0 aromatic carbocycles. The normalized spacial score (nSPS) is 11.6. The fourth-order valence-corrected chi connectivity index (χ4v) is 2.84. The Morgan fingerprint density at radius 2 is 1.95 bits per heavy atom. The van der Waals surface area contributed by atoms with Crippen molar-refractivity contribution in [3.63, 3.8) is 0 Å². The highest BCUT2D eigenvalue weighted by Crippen LogP contribution is 2.31. The van der Waals surface area contributed by atoms with Crippen LogP contribution in [-0.4, -0.2) is 23.9 Å². The fourth-order valence-electron chi connectivity index (χ4n) is 2.84. The summed E-state index contributed by atoms with van der Waals surface area (Å²) in [5, 5.41) is 0. The van der Waals surface area contributed by atoms with E-state index >= 15 is 0 Å². The molecule has 1 aromatic rings. The Labute approximate surface area is 122 Å². The first kappa shape index (κ1) is 16.8. The van der Waals surface area contributed by atoms with Crippen molar-refractivity contribution in [1.82, 2.24) is 4.90 Å². The van der Waals surface area contributed by atoms with Gasteiger partial charge in [-0.3, -0.25) is 4.79 Å². The van der Waals surface area contributed by atoms with Crippen LogP contribution in [0.2, 0.25) is 0 Å². The van der Waals surface area contributed by atoms with E-state index in [4.69, 9.17) is 10.2 Å². The van der Waals surface area contributed by atoms with Crippen molar-refractivity contribution in [3.8, 4) is 0 Å². The van der Waals surface area contributed by atoms with Crippen LogP contribution in [0.3, 0.4) is 0 Å². The zero-order valence-corrected chi connectivity index (χ0v) is 13.0. The molecule has 4 nitrogen and oxygen atoms in total. The lowest BCUT2D eigenvalue weighted by atomic mass is 9.78. The van der Waals surface area contributed by atoms with Gasteiger partial charge in [0.2, 0.25) is 5.91 Å². The van der Waals surface area contributed by atoms with E-state index in [1.807, 2.05) is 24.0 Å². The van der Waals surface area contributed by atoms with Gasteiger partial charge in [0, 0.05) is 13.1 Å². The lowest BCUT2D eigenvalue weighted by molar-refractivity contribution is -0.143. The van der Waals surface area contributed by atoms with E-state index in [-0.39, 0.29) is 5.91 Å². The van der Waals surface area contributed by atoms with E-state index in [0.29, 0.717) is 19.6 Å². The van der Waals surface area contributed by atoms with Crippen molar-refractivity contribution >= 4 is 5.91 Å². The molecule has 0 saturated carbocycles. The highest BCUT2D eigenvalue weighted by molar-refractivity contribution is 5.83. The second-order valence-corrected chi connectivity index (χ2v) is 5.38. The van der Waals surface area contributed by atoms with Crippen molar-refractivity contribution in [2.45, 2.75) is 53.0 Å². The van der Waals surface area contributed by atoms with Gasteiger partial charge in [0.15, 0.2) is 0 Å². The summed E-state index contributed by atoms with van der Waals surface area (Å²) in [5.41, 5.74) is 5.57. The first-order valence-corrected chi connectivity index (χ1v) is 7.65. The lowest BCUT2D eigenvalue weighted by Crippen LogP contribution is -2.47. The van der Waals surface area contributed by atoms with Gasteiger partial charge in [0.1, 0.15) is 5.76 Å². The molecule has 0 bridgehead atoms. The Bertz CT molecular complexity index is 381. The number of amides is 1. The highest BCUT2D eigenvalue weighted by Gasteiger charge is 2.38. The maximum atomic E-state index is 12.9. The van der Waals surface area contributed by atoms with Crippen LogP contribution in [-0.2, 0) is 11.3 Å². The predicted molar refractivity (Wildman–Crippen MR) is 81.1 cm³/mol. The summed E-state index contributed by atoms with van der Waals surface area (Å²) in [6.07, 6.45) is 5.29. The third-order valence-electron chi connectivity index (χ3n) is 3.90. The molecule has 1 rings (SSSR count). The molecule has 0 unspecified atom stereocenters. The van der Waals surface area contributed by atoms with E-state index in [9.17, 15) is 4.79 Å². The maximum absolute atomic E-state index is 12.9. The molecule has 0 atom stereocenters. The summed E-state index contributed by atoms with van der Waals surface area (Å²) in [7, 11) is 0. The minimum Gasteiger partial charge on any atom is -0.467 e. The van der Waals surface area contributed by atoms with Crippen molar-refractivity contribution in [1.29, 1.82) is 0 Å². The van der Waals surface area contributed by atoms with Gasteiger partial charge in [-0.1, -0.05) is 26.7 Å². The minimum atomic E-state index is -0.411. The average Bonchev–Trinajstić information content (AvgIpc) is 2.96. The number of rotatable bonds is 9. The van der Waals surface area contributed by atoms with E-state index in [1.165, 1.54) is 0 Å². The average molecular weight is 280 g/mol. The number of nitrogens with two attached hydrogens (primary N) is 1. The third-order valence-corrected chi connectivity index (χ3v) is 3.90. The molecule has 0 fully saturated rings. The summed E-state index contributed by atoms with van der Waals surface area (Å²) in [6.45, 7) is 7.83. The second kappa shape index (κ2) is 8.10. The summed E-state index contributed by atoms with van der Waals surface area (Å²) >= 11 is 0. The molecule has 1 amide bonds. The molecule has 114 valence electrons. The number of hydrogen-bond acceptors (Lipinski definition) is 3. The van der Waals surface area contributed by atoms with Crippen LogP contribution < -0.4 is 5.73 Å². The van der Waals surface area contributed by atoms with Crippen molar-refractivity contribution in [2.24, 2.45) is 11.1 Å². The quantitative estimate of drug-likeness (QED) is 0.755. The maximum Gasteiger partial charge on any atom is 0.230 e. The minimum absolute atomic E-state index is 0.169. The Morgan fingerprint density at radius 1 is 1.30 bits per heavy atom. The topological polar surface area (TPSA) is 59.5 Å². The molecule has 0 aliphatic rings. The first-order valence-electron chi connectivity index (χ1n) is 7.65. The van der Waals surface area contributed by atoms with Crippen molar-refractivity contribution in [2.75, 3.05) is 13.1 Å². The smallest absolute Gasteiger partial charge is 0.230 e. The van der Waals surface area contributed by atoms with Gasteiger partial charge in [0.05, 0.1) is 18.2 Å². The summed E-state index contributed by atoms with van der Waals surface area (Å²) in [6, 6.07) is 3.75. The predicted octanol–water partition coefficient (Wildman–Crippen LogP) is 3.17. The summed E-state index contributed by atoms with van der Waals surface area (Å²) in [5.74, 6) is 0.988. The molecular weight excluding hydrogens is 252 g/mol. The van der Waals surface area contributed by atoms with Gasteiger partial charge in [-0.25, -0.2) is 0 Å². The first-order chi connectivity index (χ1) is 9.63. The number of furan rings is 1. The molecule has 0 saturated heterocycles. The highest BCUT2D eigenvalue weighted by atomic mass is 16.3. The Kier molecular flexibility index (Phi) is 6.79. The molecule has 1 aromatic heterocycles. The number of carbonyl (C=O) groups is 1. The van der Waals surface area contributed by atoms with Gasteiger partial charge < -0.3 is 15.1 Å². The van der Waals surface area contributed by atoms with Crippen LogP contribution in [0.15, 0.2) is 22.8 Å². The molecule has 2 N–H and O–H groups in total. The van der Waals surface area contributed by atoms with Crippen molar-refractivity contribution < 1.29 is 9.21 Å². The van der Waals surface area contributed by atoms with E-state index in [0.717, 1.165) is 31.4 Å². The molecule has 0 radical (unpaired) electrons. The molecule has 1 heterocycles. The van der Waals surface area contributed by atoms with E-state index in [2.05, 4.69) is 13.8 Å². The Balaban J connectivity index is 2.89. The molecule has 20 heavy (non-hydrogen) atoms. The molecule has 0 aliphatic heterocycles. The standard InChI is InChI=1S/C16H28N2O2/c1-4-9-16(13-17,10-5-2)15(19)18(6-3)12-14-8-7-11-20-14/h7-8,11H,4-6,9-10,12-13,17H2,1-3H3. The van der Waals surface area contributed by atoms with Gasteiger partial charge in [-0.05, 0) is 31.9 Å². The van der Waals surface area contributed by atoms with Crippen LogP contribution in [0.1, 0.15) is 52.2 Å². The van der Waals surface area contributed by atoms with Crippen LogP contribution in [0.5, 0.6) is 0 Å². The number of hydrogen-bond donors (Lipinski definition) is 1. The van der Waals surface area contributed by atoms with Crippen molar-refractivity contribution in [3.05, 3.63) is 24.2 Å². The van der Waals surface area contributed by atoms with Gasteiger partial charge in [0.25, 0.3) is 0 Å². The fraction of sp³-hybridized carbons (Fsp3) is 0.688. The van der Waals surface area contributed by atoms with Gasteiger partial charge in [-0.2, -0.15) is 0 Å². The largest absolute Gasteiger partial charge is 0.467 e.